The molecule has 5 aromatic rings. The van der Waals surface area contributed by atoms with E-state index in [2.05, 4.69) is 25.6 Å². The Balaban J connectivity index is 1.34. The first kappa shape index (κ1) is 25.4. The number of aromatic nitrogens is 7. The Labute approximate surface area is 232 Å². The van der Waals surface area contributed by atoms with Crippen molar-refractivity contribution in [1.82, 2.24) is 30.0 Å². The molecule has 0 fully saturated rings. The molecule has 3 heterocycles. The molecule has 1 amide bonds. The van der Waals surface area contributed by atoms with Crippen LogP contribution in [0.25, 0.3) is 27.9 Å². The summed E-state index contributed by atoms with van der Waals surface area (Å²) in [5.74, 6) is -0.663. The Morgan fingerprint density at radius 1 is 1.23 bits per heavy atom. The van der Waals surface area contributed by atoms with Gasteiger partial charge in [0.25, 0.3) is 0 Å². The van der Waals surface area contributed by atoms with Crippen LogP contribution in [0.15, 0.2) is 61.2 Å². The average molecular weight is 561 g/mol. The molecule has 0 bridgehead atoms. The minimum Gasteiger partial charge on any atom is -0.618 e. The van der Waals surface area contributed by atoms with Crippen molar-refractivity contribution in [2.45, 2.75) is 25.8 Å². The first-order valence-corrected chi connectivity index (χ1v) is 12.7. The molecule has 0 unspecified atom stereocenters. The van der Waals surface area contributed by atoms with Crippen LogP contribution in [-0.2, 0) is 11.2 Å². The van der Waals surface area contributed by atoms with Gasteiger partial charge in [0.1, 0.15) is 12.4 Å². The number of carbonyl (C=O) groups is 1. The minimum atomic E-state index is -0.663. The van der Waals surface area contributed by atoms with E-state index in [1.165, 1.54) is 30.4 Å². The molecule has 0 saturated heterocycles. The second-order valence-corrected chi connectivity index (χ2v) is 9.74. The van der Waals surface area contributed by atoms with Crippen molar-refractivity contribution in [2.75, 3.05) is 12.4 Å². The van der Waals surface area contributed by atoms with Crippen LogP contribution in [0.1, 0.15) is 29.4 Å². The van der Waals surface area contributed by atoms with E-state index in [1.54, 1.807) is 22.9 Å². The summed E-state index contributed by atoms with van der Waals surface area (Å²) < 4.78 is 23.9. The number of hydrogen-bond acceptors (Lipinski definition) is 7. The number of anilines is 1. The predicted octanol–water partition coefficient (Wildman–Crippen LogP) is 4.64. The number of carbonyl (C=O) groups excluding carboxylic acids is 1. The molecule has 1 aliphatic carbocycles. The second-order valence-electron chi connectivity index (χ2n) is 9.33. The molecule has 1 aliphatic rings. The highest BCUT2D eigenvalue weighted by atomic mass is 35.5. The molecule has 6 rings (SSSR count). The van der Waals surface area contributed by atoms with Crippen LogP contribution in [0.2, 0.25) is 5.02 Å². The fraction of sp³-hybridized carbons (Fsp3) is 0.185. The lowest BCUT2D eigenvalue weighted by Gasteiger charge is -2.15. The normalized spacial score (nSPS) is 14.2. The Kier molecular flexibility index (Phi) is 6.39. The lowest BCUT2D eigenvalue weighted by Crippen LogP contribution is -2.34. The Hall–Kier alpha value is -4.84. The van der Waals surface area contributed by atoms with Crippen molar-refractivity contribution < 1.29 is 18.7 Å². The van der Waals surface area contributed by atoms with E-state index in [0.717, 1.165) is 27.1 Å². The lowest BCUT2D eigenvalue weighted by molar-refractivity contribution is -0.615. The molecule has 1 N–H and O–H groups in total. The summed E-state index contributed by atoms with van der Waals surface area (Å²) in [6.07, 6.45) is 5.34. The van der Waals surface area contributed by atoms with Gasteiger partial charge in [-0.05, 0) is 66.1 Å². The van der Waals surface area contributed by atoms with Crippen molar-refractivity contribution in [3.8, 4) is 27.9 Å². The molecular formula is C27H22ClFN8O3. The van der Waals surface area contributed by atoms with Crippen LogP contribution in [-0.4, -0.2) is 43.2 Å². The smallest absolute Gasteiger partial charge is 0.411 e. The largest absolute Gasteiger partial charge is 0.618 e. The number of nitrogens with one attached hydrogen (secondary N) is 1. The number of pyridine rings is 1. The lowest BCUT2D eigenvalue weighted by atomic mass is 10.0. The molecule has 0 spiro atoms. The van der Waals surface area contributed by atoms with Gasteiger partial charge >= 0.3 is 6.09 Å². The SMILES string of the molecule is COC(=O)Nc1ccc(-c2cn([C@H]3CCc4cc(-c5c(-n6cnnn6)ccc(Cl)c5F)c[n+]([O-])c43)nc2C)cc1. The Bertz CT molecular complexity index is 1740. The van der Waals surface area contributed by atoms with Crippen LogP contribution < -0.4 is 10.0 Å². The number of halogens is 2. The van der Waals surface area contributed by atoms with E-state index in [9.17, 15) is 10.0 Å². The molecule has 0 aliphatic heterocycles. The summed E-state index contributed by atoms with van der Waals surface area (Å²) in [6, 6.07) is 11.9. The van der Waals surface area contributed by atoms with E-state index in [-0.39, 0.29) is 16.6 Å². The number of ether oxygens (including phenoxy) is 1. The number of fused-ring (bicyclic) bond motifs is 1. The molecule has 3 aromatic heterocycles. The standard InChI is InChI=1S/C27H22ClFN8O3/c1-15-20(16-3-6-19(7-4-16)31-27(38)40-2)13-35(32-15)23-9-5-17-11-18(12-37(39)26(17)23)24-22(36-14-30-33-34-36)10-8-21(28)25(24)29/h3-4,6-8,10-14,23H,5,9H2,1-2H3,(H,31,38)/t23-/m0/s1. The number of tetrazole rings is 1. The fourth-order valence-electron chi connectivity index (χ4n) is 5.13. The third kappa shape index (κ3) is 4.41. The van der Waals surface area contributed by atoms with Crippen molar-refractivity contribution in [1.29, 1.82) is 0 Å². The zero-order valence-electron chi connectivity index (χ0n) is 21.4. The summed E-state index contributed by atoms with van der Waals surface area (Å²) >= 11 is 6.11. The van der Waals surface area contributed by atoms with E-state index in [4.69, 9.17) is 16.7 Å². The van der Waals surface area contributed by atoms with Gasteiger partial charge < -0.3 is 9.94 Å². The second kappa shape index (κ2) is 10.0. The maximum atomic E-state index is 15.3. The molecule has 13 heteroatoms. The fourth-order valence-corrected chi connectivity index (χ4v) is 5.28. The molecule has 11 nitrogen and oxygen atoms in total. The maximum absolute atomic E-state index is 15.3. The zero-order valence-corrected chi connectivity index (χ0v) is 22.1. The zero-order chi connectivity index (χ0) is 28.0. The highest BCUT2D eigenvalue weighted by molar-refractivity contribution is 6.31. The van der Waals surface area contributed by atoms with Gasteiger partial charge in [0.15, 0.2) is 12.0 Å². The van der Waals surface area contributed by atoms with Crippen molar-refractivity contribution in [3.63, 3.8) is 0 Å². The summed E-state index contributed by atoms with van der Waals surface area (Å²) in [6.45, 7) is 1.90. The number of benzene rings is 2. The molecule has 1 atom stereocenters. The summed E-state index contributed by atoms with van der Waals surface area (Å²) in [5, 5.41) is 31.8. The molecule has 0 saturated carbocycles. The number of hydrogen-bond donors (Lipinski definition) is 1. The Morgan fingerprint density at radius 2 is 2.02 bits per heavy atom. The molecular weight excluding hydrogens is 539 g/mol. The van der Waals surface area contributed by atoms with E-state index in [0.29, 0.717) is 35.5 Å². The molecule has 2 aromatic carbocycles. The van der Waals surface area contributed by atoms with E-state index >= 15 is 4.39 Å². The molecule has 0 radical (unpaired) electrons. The van der Waals surface area contributed by atoms with Crippen LogP contribution in [0.5, 0.6) is 0 Å². The van der Waals surface area contributed by atoms with Gasteiger partial charge in [-0.1, -0.05) is 23.7 Å². The Morgan fingerprint density at radius 3 is 2.75 bits per heavy atom. The topological polar surface area (TPSA) is 127 Å². The van der Waals surface area contributed by atoms with Gasteiger partial charge in [0.2, 0.25) is 5.69 Å². The van der Waals surface area contributed by atoms with E-state index < -0.39 is 11.9 Å². The third-order valence-electron chi connectivity index (χ3n) is 6.98. The van der Waals surface area contributed by atoms with Gasteiger partial charge in [0, 0.05) is 23.0 Å². The van der Waals surface area contributed by atoms with Crippen molar-refractivity contribution in [3.05, 3.63) is 94.2 Å². The van der Waals surface area contributed by atoms with Gasteiger partial charge in [-0.2, -0.15) is 14.5 Å². The number of methoxy groups -OCH3 is 1. The predicted molar refractivity (Wildman–Crippen MR) is 143 cm³/mol. The van der Waals surface area contributed by atoms with Crippen LogP contribution >= 0.6 is 11.6 Å². The average Bonchev–Trinajstić information content (AvgIpc) is 3.71. The quantitative estimate of drug-likeness (QED) is 0.245. The van der Waals surface area contributed by atoms with E-state index in [1.807, 2.05) is 31.3 Å². The number of nitrogens with zero attached hydrogens (tertiary/aromatic N) is 7. The van der Waals surface area contributed by atoms with Gasteiger partial charge in [-0.25, -0.2) is 9.18 Å². The van der Waals surface area contributed by atoms with Gasteiger partial charge in [0.05, 0.1) is 34.6 Å². The summed E-state index contributed by atoms with van der Waals surface area (Å²) in [5.41, 5.74) is 5.44. The monoisotopic (exact) mass is 560 g/mol. The minimum absolute atomic E-state index is 0.0729. The van der Waals surface area contributed by atoms with Crippen LogP contribution in [0.4, 0.5) is 14.9 Å². The van der Waals surface area contributed by atoms with Crippen LogP contribution in [0, 0.1) is 17.9 Å². The molecule has 202 valence electrons. The highest BCUT2D eigenvalue weighted by Gasteiger charge is 2.34. The van der Waals surface area contributed by atoms with Gasteiger partial charge in [-0.3, -0.25) is 10.00 Å². The first-order valence-electron chi connectivity index (χ1n) is 12.3. The maximum Gasteiger partial charge on any atom is 0.411 e. The summed E-state index contributed by atoms with van der Waals surface area (Å²) in [7, 11) is 1.30. The van der Waals surface area contributed by atoms with Gasteiger partial charge in [-0.15, -0.1) is 5.10 Å². The first-order chi connectivity index (χ1) is 19.3. The number of rotatable bonds is 5. The van der Waals surface area contributed by atoms with Crippen molar-refractivity contribution >= 4 is 23.4 Å². The number of amides is 1. The van der Waals surface area contributed by atoms with Crippen LogP contribution in [0.3, 0.4) is 0 Å². The molecule has 40 heavy (non-hydrogen) atoms. The summed E-state index contributed by atoms with van der Waals surface area (Å²) in [4.78, 5) is 11.5. The van der Waals surface area contributed by atoms with Crippen molar-refractivity contribution in [2.24, 2.45) is 0 Å². The highest BCUT2D eigenvalue weighted by Crippen LogP contribution is 2.38. The number of aryl methyl sites for hydroxylation is 2. The third-order valence-corrected chi connectivity index (χ3v) is 7.27.